The minimum Gasteiger partial charge on any atom is -0.376 e. The molecule has 116 valence electrons. The Hall–Kier alpha value is -1.24. The summed E-state index contributed by atoms with van der Waals surface area (Å²) in [6.45, 7) is 3.05. The Morgan fingerprint density at radius 2 is 2.38 bits per heavy atom. The summed E-state index contributed by atoms with van der Waals surface area (Å²) in [7, 11) is 4.03. The van der Waals surface area contributed by atoms with Crippen molar-refractivity contribution in [1.29, 1.82) is 0 Å². The van der Waals surface area contributed by atoms with Crippen LogP contribution in [-0.4, -0.2) is 67.1 Å². The number of ether oxygens (including phenoxy) is 1. The monoisotopic (exact) mass is 309 g/mol. The zero-order valence-electron chi connectivity index (χ0n) is 12.7. The highest BCUT2D eigenvalue weighted by Crippen LogP contribution is 2.14. The number of nitrogens with zero attached hydrogens (tertiary/aromatic N) is 3. The zero-order chi connectivity index (χ0) is 15.1. The number of hydrogen-bond acceptors (Lipinski definition) is 5. The maximum absolute atomic E-state index is 12.4. The first kappa shape index (κ1) is 16.1. The van der Waals surface area contributed by atoms with Gasteiger partial charge in [-0.15, -0.1) is 11.3 Å². The van der Waals surface area contributed by atoms with Crippen molar-refractivity contribution < 1.29 is 9.53 Å². The van der Waals surface area contributed by atoms with Crippen molar-refractivity contribution in [3.63, 3.8) is 0 Å². The molecule has 0 aromatic carbocycles. The molecule has 2 heterocycles. The van der Waals surface area contributed by atoms with Crippen LogP contribution in [0.3, 0.4) is 0 Å². The van der Waals surface area contributed by atoms with Crippen molar-refractivity contribution in [3.05, 3.63) is 22.7 Å². The van der Waals surface area contributed by atoms with Gasteiger partial charge in [-0.1, -0.05) is 0 Å². The predicted molar refractivity (Wildman–Crippen MR) is 85.3 cm³/mol. The third-order valence-electron chi connectivity index (χ3n) is 3.42. The van der Waals surface area contributed by atoms with Gasteiger partial charge in [-0.05, 0) is 33.0 Å². The smallest absolute Gasteiger partial charge is 0.246 e. The molecule has 0 bridgehead atoms. The number of hydrogen-bond donors (Lipinski definition) is 0. The van der Waals surface area contributed by atoms with E-state index < -0.39 is 0 Å². The highest BCUT2D eigenvalue weighted by atomic mass is 32.1. The van der Waals surface area contributed by atoms with Crippen molar-refractivity contribution in [2.45, 2.75) is 18.9 Å². The molecule has 1 unspecified atom stereocenters. The van der Waals surface area contributed by atoms with Crippen LogP contribution < -0.4 is 0 Å². The van der Waals surface area contributed by atoms with Crippen LogP contribution in [0.4, 0.5) is 0 Å². The normalized spacial score (nSPS) is 18.7. The number of carbonyl (C=O) groups is 1. The van der Waals surface area contributed by atoms with Crippen LogP contribution in [0.15, 0.2) is 17.0 Å². The average molecular weight is 309 g/mol. The molecular weight excluding hydrogens is 286 g/mol. The molecule has 1 aromatic rings. The minimum absolute atomic E-state index is 0.0281. The second kappa shape index (κ2) is 8.26. The first-order valence-electron chi connectivity index (χ1n) is 7.26. The highest BCUT2D eigenvalue weighted by Gasteiger charge is 2.21. The second-order valence-electron chi connectivity index (χ2n) is 5.47. The summed E-state index contributed by atoms with van der Waals surface area (Å²) in [5.74, 6) is 0.0281. The lowest BCUT2D eigenvalue weighted by Crippen LogP contribution is -2.40. The van der Waals surface area contributed by atoms with Gasteiger partial charge in [0.05, 0.1) is 17.3 Å². The molecule has 2 rings (SSSR count). The van der Waals surface area contributed by atoms with Crippen LogP contribution in [0.2, 0.25) is 0 Å². The molecule has 5 nitrogen and oxygen atoms in total. The van der Waals surface area contributed by atoms with Crippen LogP contribution in [-0.2, 0) is 9.53 Å². The van der Waals surface area contributed by atoms with Crippen LogP contribution in [0.5, 0.6) is 0 Å². The van der Waals surface area contributed by atoms with Crippen molar-refractivity contribution in [3.8, 4) is 0 Å². The largest absolute Gasteiger partial charge is 0.376 e. The molecular formula is C15H23N3O2S. The molecule has 1 amide bonds. The summed E-state index contributed by atoms with van der Waals surface area (Å²) >= 11 is 1.53. The number of rotatable bonds is 7. The van der Waals surface area contributed by atoms with Crippen LogP contribution >= 0.6 is 11.3 Å². The number of aromatic nitrogens is 1. The first-order chi connectivity index (χ1) is 10.1. The molecule has 1 atom stereocenters. The SMILES string of the molecule is CN(C)CCN(CC1CCCO1)C(=O)C=Cc1cscn1. The predicted octanol–water partition coefficient (Wildman–Crippen LogP) is 1.73. The van der Waals surface area contributed by atoms with E-state index in [0.29, 0.717) is 13.1 Å². The van der Waals surface area contributed by atoms with Gasteiger partial charge in [-0.3, -0.25) is 4.79 Å². The van der Waals surface area contributed by atoms with Gasteiger partial charge in [0, 0.05) is 37.7 Å². The third-order valence-corrected chi connectivity index (χ3v) is 4.03. The maximum Gasteiger partial charge on any atom is 0.246 e. The summed E-state index contributed by atoms with van der Waals surface area (Å²) in [6.07, 6.45) is 5.71. The number of amides is 1. The maximum atomic E-state index is 12.4. The van der Waals surface area contributed by atoms with Crippen molar-refractivity contribution >= 4 is 23.3 Å². The van der Waals surface area contributed by atoms with Gasteiger partial charge in [-0.25, -0.2) is 4.98 Å². The lowest BCUT2D eigenvalue weighted by molar-refractivity contribution is -0.127. The molecule has 0 saturated carbocycles. The quantitative estimate of drug-likeness (QED) is 0.720. The van der Waals surface area contributed by atoms with Crippen LogP contribution in [0, 0.1) is 0 Å². The molecule has 1 saturated heterocycles. The lowest BCUT2D eigenvalue weighted by atomic mass is 10.2. The summed E-state index contributed by atoms with van der Waals surface area (Å²) in [6, 6.07) is 0. The van der Waals surface area contributed by atoms with E-state index in [9.17, 15) is 4.79 Å². The number of likely N-dealkylation sites (N-methyl/N-ethyl adjacent to an activating group) is 1. The lowest BCUT2D eigenvalue weighted by Gasteiger charge is -2.25. The Balaban J connectivity index is 1.93. The van der Waals surface area contributed by atoms with Gasteiger partial charge in [0.2, 0.25) is 5.91 Å². The molecule has 1 aliphatic heterocycles. The second-order valence-corrected chi connectivity index (χ2v) is 6.19. The van der Waals surface area contributed by atoms with E-state index >= 15 is 0 Å². The molecule has 1 aromatic heterocycles. The van der Waals surface area contributed by atoms with Gasteiger partial charge < -0.3 is 14.5 Å². The average Bonchev–Trinajstić information content (AvgIpc) is 3.13. The fourth-order valence-electron chi connectivity index (χ4n) is 2.21. The minimum atomic E-state index is 0.0281. The molecule has 1 fully saturated rings. The Labute approximate surface area is 130 Å². The van der Waals surface area contributed by atoms with Crippen molar-refractivity contribution in [1.82, 2.24) is 14.8 Å². The Bertz CT molecular complexity index is 453. The highest BCUT2D eigenvalue weighted by molar-refractivity contribution is 7.07. The first-order valence-corrected chi connectivity index (χ1v) is 8.21. The molecule has 0 aliphatic carbocycles. The van der Waals surface area contributed by atoms with E-state index in [1.807, 2.05) is 24.4 Å². The van der Waals surface area contributed by atoms with Gasteiger partial charge in [-0.2, -0.15) is 0 Å². The topological polar surface area (TPSA) is 45.7 Å². The van der Waals surface area contributed by atoms with E-state index in [2.05, 4.69) is 9.88 Å². The Morgan fingerprint density at radius 3 is 3.00 bits per heavy atom. The summed E-state index contributed by atoms with van der Waals surface area (Å²) in [4.78, 5) is 20.5. The molecule has 1 aliphatic rings. The summed E-state index contributed by atoms with van der Waals surface area (Å²) in [5, 5.41) is 1.92. The van der Waals surface area contributed by atoms with Crippen molar-refractivity contribution in [2.24, 2.45) is 0 Å². The fraction of sp³-hybridized carbons (Fsp3) is 0.600. The van der Waals surface area contributed by atoms with Crippen molar-refractivity contribution in [2.75, 3.05) is 40.3 Å². The molecule has 6 heteroatoms. The fourth-order valence-corrected chi connectivity index (χ4v) is 2.73. The van der Waals surface area contributed by atoms with Gasteiger partial charge >= 0.3 is 0 Å². The third kappa shape index (κ3) is 5.57. The van der Waals surface area contributed by atoms with Gasteiger partial charge in [0.15, 0.2) is 0 Å². The molecule has 21 heavy (non-hydrogen) atoms. The van der Waals surface area contributed by atoms with E-state index in [0.717, 1.165) is 31.7 Å². The Morgan fingerprint density at radius 1 is 1.52 bits per heavy atom. The van der Waals surface area contributed by atoms with Crippen LogP contribution in [0.1, 0.15) is 18.5 Å². The molecule has 0 N–H and O–H groups in total. The van der Waals surface area contributed by atoms with Gasteiger partial charge in [0.25, 0.3) is 0 Å². The number of thiazole rings is 1. The van der Waals surface area contributed by atoms with E-state index in [1.165, 1.54) is 11.3 Å². The van der Waals surface area contributed by atoms with Crippen LogP contribution in [0.25, 0.3) is 6.08 Å². The summed E-state index contributed by atoms with van der Waals surface area (Å²) < 4.78 is 5.65. The number of carbonyl (C=O) groups excluding carboxylic acids is 1. The van der Waals surface area contributed by atoms with E-state index in [4.69, 9.17) is 4.74 Å². The molecule has 0 spiro atoms. The van der Waals surface area contributed by atoms with Gasteiger partial charge in [0.1, 0.15) is 0 Å². The van der Waals surface area contributed by atoms with E-state index in [-0.39, 0.29) is 12.0 Å². The molecule has 0 radical (unpaired) electrons. The summed E-state index contributed by atoms with van der Waals surface area (Å²) in [5.41, 5.74) is 2.60. The standard InChI is InChI=1S/C15H23N3O2S/c1-17(2)7-8-18(10-14-4-3-9-20-14)15(19)6-5-13-11-21-12-16-13/h5-6,11-12,14H,3-4,7-10H2,1-2H3. The Kier molecular flexibility index (Phi) is 6.35. The van der Waals surface area contributed by atoms with E-state index in [1.54, 1.807) is 17.7 Å². The zero-order valence-corrected chi connectivity index (χ0v) is 13.5.